The molecule has 268 valence electrons. The SMILES string of the molecule is Cc1cc2cc(c1F)[C@H](CC(=O)O)NC(=O)[C@@H](n1cc(CCN3CC(F)C3)c(C(F)(F)F)cc1=O)c1cc(ccc1F)Oc1cc(F)cc(C)c1-2. The van der Waals surface area contributed by atoms with E-state index in [2.05, 4.69) is 5.32 Å². The van der Waals surface area contributed by atoms with Gasteiger partial charge in [0.05, 0.1) is 18.0 Å². The molecule has 1 aromatic heterocycles. The molecule has 0 aliphatic carbocycles. The number of pyridine rings is 1. The van der Waals surface area contributed by atoms with E-state index in [0.29, 0.717) is 10.1 Å². The largest absolute Gasteiger partial charge is 0.481 e. The van der Waals surface area contributed by atoms with Crippen LogP contribution in [0.5, 0.6) is 11.5 Å². The number of rotatable bonds is 6. The summed E-state index contributed by atoms with van der Waals surface area (Å²) in [5.41, 5.74) is -3.13. The summed E-state index contributed by atoms with van der Waals surface area (Å²) in [5.74, 6) is -5.73. The molecule has 3 aromatic carbocycles. The normalized spacial score (nSPS) is 18.0. The van der Waals surface area contributed by atoms with Crippen LogP contribution in [0.1, 0.15) is 51.9 Å². The Balaban J connectivity index is 1.59. The van der Waals surface area contributed by atoms with Crippen molar-refractivity contribution in [2.45, 2.75) is 51.1 Å². The lowest BCUT2D eigenvalue weighted by Crippen LogP contribution is -2.49. The Labute approximate surface area is 286 Å². The van der Waals surface area contributed by atoms with E-state index in [9.17, 15) is 41.4 Å². The molecule has 2 N–H and O–H groups in total. The first-order valence-corrected chi connectivity index (χ1v) is 15.8. The van der Waals surface area contributed by atoms with Gasteiger partial charge in [-0.05, 0) is 78.9 Å². The number of nitrogens with zero attached hydrogens (tertiary/aromatic N) is 2. The number of ether oxygens (including phenoxy) is 1. The van der Waals surface area contributed by atoms with E-state index in [0.717, 1.165) is 30.5 Å². The van der Waals surface area contributed by atoms with Gasteiger partial charge in [0.15, 0.2) is 0 Å². The number of carboxylic acid groups (broad SMARTS) is 1. The first kappa shape index (κ1) is 35.6. The summed E-state index contributed by atoms with van der Waals surface area (Å²) in [5, 5.41) is 12.2. The summed E-state index contributed by atoms with van der Waals surface area (Å²) >= 11 is 0. The van der Waals surface area contributed by atoms with E-state index in [1.807, 2.05) is 0 Å². The Hall–Kier alpha value is -5.18. The molecule has 8 nitrogen and oxygen atoms in total. The molecule has 4 aromatic rings. The molecule has 2 aliphatic rings. The van der Waals surface area contributed by atoms with Crippen LogP contribution in [0.4, 0.5) is 30.7 Å². The molecule has 4 bridgehead atoms. The lowest BCUT2D eigenvalue weighted by molar-refractivity contribution is -0.139. The van der Waals surface area contributed by atoms with E-state index in [4.69, 9.17) is 4.74 Å². The van der Waals surface area contributed by atoms with Gasteiger partial charge in [-0.15, -0.1) is 0 Å². The van der Waals surface area contributed by atoms with Gasteiger partial charge < -0.3 is 15.2 Å². The maximum atomic E-state index is 15.9. The number of hydrogen-bond acceptors (Lipinski definition) is 5. The molecule has 0 saturated carbocycles. The zero-order valence-corrected chi connectivity index (χ0v) is 27.1. The number of nitrogens with one attached hydrogen (secondary N) is 1. The third-order valence-electron chi connectivity index (χ3n) is 9.00. The highest BCUT2D eigenvalue weighted by molar-refractivity contribution is 5.85. The zero-order chi connectivity index (χ0) is 36.9. The summed E-state index contributed by atoms with van der Waals surface area (Å²) in [7, 11) is 0. The maximum absolute atomic E-state index is 15.9. The highest BCUT2D eigenvalue weighted by Gasteiger charge is 2.38. The summed E-state index contributed by atoms with van der Waals surface area (Å²) in [4.78, 5) is 41.4. The lowest BCUT2D eigenvalue weighted by atomic mass is 9.92. The van der Waals surface area contributed by atoms with E-state index < -0.39 is 82.4 Å². The van der Waals surface area contributed by atoms with Crippen LogP contribution >= 0.6 is 0 Å². The Morgan fingerprint density at radius 2 is 1.71 bits per heavy atom. The average Bonchev–Trinajstić information content (AvgIpc) is 3.01. The minimum absolute atomic E-state index is 0.00121. The fraction of sp³-hybridized carbons (Fsp3) is 0.306. The van der Waals surface area contributed by atoms with Crippen molar-refractivity contribution >= 4 is 11.9 Å². The standard InChI is InChI=1S/C36H30F7N3O5/c1-17-8-21(37)10-29-32(17)20-7-18(2)33(40)25(9-20)28(13-31(48)49)44-35(50)34(24-11-23(51-29)3-4-27(24)39)46-14-19(5-6-45-15-22(38)16-45)26(12-30(46)47)36(41,42)43/h3-4,7-12,14,22,28,34H,5-6,13,15-16H2,1-2H3,(H,44,50)(H,48,49)/t28-,34-/m0/s1. The molecule has 2 aliphatic heterocycles. The van der Waals surface area contributed by atoms with Gasteiger partial charge in [0.2, 0.25) is 5.91 Å². The molecule has 51 heavy (non-hydrogen) atoms. The third kappa shape index (κ3) is 7.20. The minimum atomic E-state index is -5.01. The molecule has 0 unspecified atom stereocenters. The van der Waals surface area contributed by atoms with Crippen LogP contribution in [0.3, 0.4) is 0 Å². The summed E-state index contributed by atoms with van der Waals surface area (Å²) < 4.78 is 109. The van der Waals surface area contributed by atoms with Crippen LogP contribution in [0.25, 0.3) is 11.1 Å². The van der Waals surface area contributed by atoms with Gasteiger partial charge in [-0.25, -0.2) is 17.6 Å². The van der Waals surface area contributed by atoms with Gasteiger partial charge in [-0.2, -0.15) is 13.2 Å². The fourth-order valence-electron chi connectivity index (χ4n) is 6.59. The topological polar surface area (TPSA) is 101 Å². The van der Waals surface area contributed by atoms with Crippen LogP contribution in [0.2, 0.25) is 0 Å². The van der Waals surface area contributed by atoms with Gasteiger partial charge in [-0.1, -0.05) is 0 Å². The number of aliphatic carboxylic acids is 1. The third-order valence-corrected chi connectivity index (χ3v) is 9.00. The van der Waals surface area contributed by atoms with Crippen molar-refractivity contribution in [3.8, 4) is 22.6 Å². The second-order valence-electron chi connectivity index (χ2n) is 12.7. The Bertz CT molecular complexity index is 2110. The number of fused-ring (bicyclic) bond motifs is 6. The molecule has 0 spiro atoms. The van der Waals surface area contributed by atoms with Gasteiger partial charge >= 0.3 is 12.1 Å². The first-order valence-electron chi connectivity index (χ1n) is 15.8. The summed E-state index contributed by atoms with van der Waals surface area (Å²) in [6, 6.07) is 4.47. The number of carboxylic acids is 1. The second kappa shape index (κ2) is 13.5. The zero-order valence-electron chi connectivity index (χ0n) is 27.1. The van der Waals surface area contributed by atoms with Crippen LogP contribution in [0, 0.1) is 31.3 Å². The van der Waals surface area contributed by atoms with Gasteiger partial charge in [0.25, 0.3) is 5.56 Å². The fourth-order valence-corrected chi connectivity index (χ4v) is 6.59. The second-order valence-corrected chi connectivity index (χ2v) is 12.7. The van der Waals surface area contributed by atoms with Gasteiger partial charge in [-0.3, -0.25) is 23.9 Å². The van der Waals surface area contributed by atoms with Crippen molar-refractivity contribution in [3.05, 3.63) is 116 Å². The van der Waals surface area contributed by atoms with Crippen molar-refractivity contribution in [2.24, 2.45) is 0 Å². The maximum Gasteiger partial charge on any atom is 0.416 e. The number of likely N-dealkylation sites (tertiary alicyclic amines) is 1. The Morgan fingerprint density at radius 3 is 2.37 bits per heavy atom. The number of amides is 1. The lowest BCUT2D eigenvalue weighted by Gasteiger charge is -2.34. The quantitative estimate of drug-likeness (QED) is 0.213. The monoisotopic (exact) mass is 717 g/mol. The van der Waals surface area contributed by atoms with Crippen molar-refractivity contribution in [3.63, 3.8) is 0 Å². The number of aromatic nitrogens is 1. The molecule has 1 saturated heterocycles. The average molecular weight is 718 g/mol. The number of alkyl halides is 4. The summed E-state index contributed by atoms with van der Waals surface area (Å²) in [6.45, 7) is 2.91. The molecular formula is C36H30F7N3O5. The number of benzene rings is 3. The highest BCUT2D eigenvalue weighted by Crippen LogP contribution is 2.41. The van der Waals surface area contributed by atoms with Gasteiger partial charge in [0.1, 0.15) is 41.2 Å². The molecule has 1 amide bonds. The van der Waals surface area contributed by atoms with Crippen LogP contribution in [-0.2, 0) is 22.2 Å². The number of carbonyl (C=O) groups excluding carboxylic acids is 1. The Kier molecular flexibility index (Phi) is 9.44. The van der Waals surface area contributed by atoms with Crippen molar-refractivity contribution in [1.29, 1.82) is 0 Å². The van der Waals surface area contributed by atoms with Crippen molar-refractivity contribution in [1.82, 2.24) is 14.8 Å². The number of aryl methyl sites for hydroxylation is 2. The predicted molar refractivity (Wildman–Crippen MR) is 170 cm³/mol. The molecule has 3 heterocycles. The Morgan fingerprint density at radius 1 is 0.980 bits per heavy atom. The molecule has 0 radical (unpaired) electrons. The minimum Gasteiger partial charge on any atom is -0.481 e. The van der Waals surface area contributed by atoms with Crippen molar-refractivity contribution in [2.75, 3.05) is 19.6 Å². The van der Waals surface area contributed by atoms with Crippen molar-refractivity contribution < 1.29 is 50.2 Å². The molecule has 15 heteroatoms. The molecule has 1 fully saturated rings. The van der Waals surface area contributed by atoms with E-state index in [-0.39, 0.29) is 65.9 Å². The molecule has 6 rings (SSSR count). The number of hydrogen-bond donors (Lipinski definition) is 2. The number of halogens is 7. The molecule has 2 atom stereocenters. The first-order chi connectivity index (χ1) is 24.0. The van der Waals surface area contributed by atoms with Crippen LogP contribution in [0.15, 0.2) is 59.5 Å². The predicted octanol–water partition coefficient (Wildman–Crippen LogP) is 6.79. The van der Waals surface area contributed by atoms with Crippen LogP contribution in [-0.4, -0.2) is 52.3 Å². The summed E-state index contributed by atoms with van der Waals surface area (Å²) in [6.07, 6.45) is -6.61. The van der Waals surface area contributed by atoms with E-state index in [1.54, 1.807) is 11.8 Å². The van der Waals surface area contributed by atoms with E-state index in [1.165, 1.54) is 25.1 Å². The smallest absolute Gasteiger partial charge is 0.416 e. The number of carbonyl (C=O) groups is 2. The molecular weight excluding hydrogens is 687 g/mol. The van der Waals surface area contributed by atoms with E-state index >= 15 is 8.78 Å². The highest BCUT2D eigenvalue weighted by atomic mass is 19.4. The van der Waals surface area contributed by atoms with Crippen LogP contribution < -0.4 is 15.6 Å². The van der Waals surface area contributed by atoms with Gasteiger partial charge in [0, 0.05) is 54.7 Å².